The molecule has 0 fully saturated rings. The Morgan fingerprint density at radius 2 is 1.76 bits per heavy atom. The van der Waals surface area contributed by atoms with Crippen LogP contribution in [0.2, 0.25) is 0 Å². The van der Waals surface area contributed by atoms with Crippen molar-refractivity contribution in [3.05, 3.63) is 108 Å². The van der Waals surface area contributed by atoms with Gasteiger partial charge in [-0.25, -0.2) is 4.39 Å². The molecule has 0 bridgehead atoms. The van der Waals surface area contributed by atoms with Gasteiger partial charge in [-0.1, -0.05) is 55.5 Å². The molecule has 0 aliphatic heterocycles. The van der Waals surface area contributed by atoms with Crippen LogP contribution < -0.4 is 10.1 Å². The number of rotatable bonds is 11. The molecule has 0 saturated heterocycles. The van der Waals surface area contributed by atoms with Gasteiger partial charge in [0.15, 0.2) is 5.83 Å². The maximum absolute atomic E-state index is 13.7. The summed E-state index contributed by atoms with van der Waals surface area (Å²) in [5.74, 6) is -0.654. The van der Waals surface area contributed by atoms with E-state index < -0.39 is 11.7 Å². The fourth-order valence-electron chi connectivity index (χ4n) is 4.30. The quantitative estimate of drug-likeness (QED) is 0.150. The number of carbonyl (C=O) groups excluding carboxylic acids is 1. The Labute approximate surface area is 222 Å². The summed E-state index contributed by atoms with van der Waals surface area (Å²) in [4.78, 5) is 12.7. The second-order valence-corrected chi connectivity index (χ2v) is 9.07. The van der Waals surface area contributed by atoms with Crippen LogP contribution in [0.3, 0.4) is 0 Å². The van der Waals surface area contributed by atoms with E-state index in [0.717, 1.165) is 34.2 Å². The van der Waals surface area contributed by atoms with Crippen LogP contribution in [0.25, 0.3) is 22.0 Å². The van der Waals surface area contributed by atoms with E-state index in [2.05, 4.69) is 77.0 Å². The number of H-pyrrole nitrogens is 1. The van der Waals surface area contributed by atoms with Gasteiger partial charge in [-0.3, -0.25) is 9.89 Å². The smallest absolute Gasteiger partial charge is 0.281 e. The summed E-state index contributed by atoms with van der Waals surface area (Å²) in [5, 5.41) is 11.3. The van der Waals surface area contributed by atoms with E-state index in [9.17, 15) is 9.18 Å². The van der Waals surface area contributed by atoms with Gasteiger partial charge in [-0.2, -0.15) is 5.10 Å². The van der Waals surface area contributed by atoms with E-state index in [1.165, 1.54) is 41.8 Å². The first-order valence-electron chi connectivity index (χ1n) is 12.7. The minimum absolute atomic E-state index is 0.252. The van der Waals surface area contributed by atoms with E-state index in [1.807, 2.05) is 24.4 Å². The summed E-state index contributed by atoms with van der Waals surface area (Å²) >= 11 is 0. The monoisotopic (exact) mass is 512 g/mol. The lowest BCUT2D eigenvalue weighted by Crippen LogP contribution is -2.24. The van der Waals surface area contributed by atoms with Gasteiger partial charge in [0.05, 0.1) is 11.7 Å². The maximum atomic E-state index is 13.7. The number of nitrogens with one attached hydrogen (secondary N) is 2. The molecule has 6 nitrogen and oxygen atoms in total. The SMILES string of the molecule is CC/C(=C(/c1ccc(OCCNC/C=C(\F)C(=O)N(C)C)cc1)c1ccc2[nH]ncc2c1)c1ccccc1. The van der Waals surface area contributed by atoms with Gasteiger partial charge in [0.1, 0.15) is 12.4 Å². The molecule has 0 saturated carbocycles. The summed E-state index contributed by atoms with van der Waals surface area (Å²) in [5.41, 5.74) is 6.87. The number of hydrogen-bond donors (Lipinski definition) is 2. The minimum atomic E-state index is -0.767. The maximum Gasteiger partial charge on any atom is 0.281 e. The number of nitrogens with zero attached hydrogens (tertiary/aromatic N) is 2. The molecule has 0 radical (unpaired) electrons. The number of fused-ring (bicyclic) bond motifs is 1. The number of allylic oxidation sites excluding steroid dienone is 1. The van der Waals surface area contributed by atoms with E-state index in [0.29, 0.717) is 13.2 Å². The Morgan fingerprint density at radius 1 is 1.03 bits per heavy atom. The predicted octanol–water partition coefficient (Wildman–Crippen LogP) is 5.84. The zero-order valence-corrected chi connectivity index (χ0v) is 22.0. The summed E-state index contributed by atoms with van der Waals surface area (Å²) in [6.45, 7) is 3.37. The molecule has 3 aromatic carbocycles. The average Bonchev–Trinajstić information content (AvgIpc) is 3.42. The van der Waals surface area contributed by atoms with Crippen molar-refractivity contribution in [3.8, 4) is 5.75 Å². The van der Waals surface area contributed by atoms with Crippen LogP contribution >= 0.6 is 0 Å². The fraction of sp³-hybridized carbons (Fsp3) is 0.226. The van der Waals surface area contributed by atoms with E-state index >= 15 is 0 Å². The van der Waals surface area contributed by atoms with E-state index in [1.54, 1.807) is 0 Å². The molecule has 2 N–H and O–H groups in total. The molecule has 0 aliphatic carbocycles. The van der Waals surface area contributed by atoms with Crippen LogP contribution in [0.4, 0.5) is 4.39 Å². The number of carbonyl (C=O) groups is 1. The molecule has 4 rings (SSSR count). The zero-order valence-electron chi connectivity index (χ0n) is 22.0. The van der Waals surface area contributed by atoms with Crippen LogP contribution in [-0.4, -0.2) is 54.8 Å². The lowest BCUT2D eigenvalue weighted by atomic mass is 9.88. The number of aromatic amines is 1. The topological polar surface area (TPSA) is 70.2 Å². The van der Waals surface area contributed by atoms with Crippen molar-refractivity contribution >= 4 is 28.0 Å². The Kier molecular flexibility index (Phi) is 9.06. The standard InChI is InChI=1S/C31H33FN4O2/c1-4-27(22-8-6-5-7-9-22)30(24-12-15-29-25(20-24)21-34-35-29)23-10-13-26(14-11-23)38-19-18-33-17-16-28(32)31(37)36(2)3/h5-16,20-21,33H,4,17-19H2,1-3H3,(H,34,35)/b28-16-,30-27+. The number of aromatic nitrogens is 2. The van der Waals surface area contributed by atoms with E-state index in [-0.39, 0.29) is 6.54 Å². The predicted molar refractivity (Wildman–Crippen MR) is 151 cm³/mol. The first-order valence-corrected chi connectivity index (χ1v) is 12.7. The lowest BCUT2D eigenvalue weighted by molar-refractivity contribution is -0.126. The Hall–Kier alpha value is -4.23. The molecule has 1 heterocycles. The highest BCUT2D eigenvalue weighted by Crippen LogP contribution is 2.36. The Bertz CT molecular complexity index is 1420. The van der Waals surface area contributed by atoms with Crippen molar-refractivity contribution in [1.29, 1.82) is 0 Å². The van der Waals surface area contributed by atoms with Gasteiger partial charge in [-0.05, 0) is 64.6 Å². The summed E-state index contributed by atoms with van der Waals surface area (Å²) < 4.78 is 19.6. The second kappa shape index (κ2) is 12.8. The molecule has 38 heavy (non-hydrogen) atoms. The normalized spacial score (nSPS) is 12.4. The second-order valence-electron chi connectivity index (χ2n) is 9.07. The molecule has 1 amide bonds. The zero-order chi connectivity index (χ0) is 26.9. The van der Waals surface area contributed by atoms with Gasteiger partial charge in [0, 0.05) is 32.6 Å². The number of hydrogen-bond acceptors (Lipinski definition) is 4. The average molecular weight is 513 g/mol. The van der Waals surface area contributed by atoms with Crippen LogP contribution in [0, 0.1) is 0 Å². The van der Waals surface area contributed by atoms with Gasteiger partial charge in [0.2, 0.25) is 0 Å². The molecule has 0 unspecified atom stereocenters. The van der Waals surface area contributed by atoms with Crippen LogP contribution in [0.5, 0.6) is 5.75 Å². The van der Waals surface area contributed by atoms with Crippen LogP contribution in [0.1, 0.15) is 30.0 Å². The third-order valence-corrected chi connectivity index (χ3v) is 6.23. The first-order chi connectivity index (χ1) is 18.5. The van der Waals surface area contributed by atoms with Crippen LogP contribution in [0.15, 0.2) is 90.9 Å². The highest BCUT2D eigenvalue weighted by Gasteiger charge is 2.14. The summed E-state index contributed by atoms with van der Waals surface area (Å²) in [6.07, 6.45) is 3.96. The molecule has 0 atom stereocenters. The Balaban J connectivity index is 1.49. The van der Waals surface area contributed by atoms with Crippen LogP contribution in [-0.2, 0) is 4.79 Å². The third-order valence-electron chi connectivity index (χ3n) is 6.23. The van der Waals surface area contributed by atoms with Gasteiger partial charge in [-0.15, -0.1) is 0 Å². The largest absolute Gasteiger partial charge is 0.492 e. The molecule has 196 valence electrons. The van der Waals surface area contributed by atoms with Crippen molar-refractivity contribution < 1.29 is 13.9 Å². The van der Waals surface area contributed by atoms with Crippen molar-refractivity contribution in [3.63, 3.8) is 0 Å². The van der Waals surface area contributed by atoms with E-state index in [4.69, 9.17) is 4.74 Å². The van der Waals surface area contributed by atoms with Crippen molar-refractivity contribution in [2.45, 2.75) is 13.3 Å². The molecule has 0 spiro atoms. The number of benzene rings is 3. The molecule has 0 aliphatic rings. The first kappa shape index (κ1) is 26.8. The van der Waals surface area contributed by atoms with Crippen molar-refractivity contribution in [2.24, 2.45) is 0 Å². The minimum Gasteiger partial charge on any atom is -0.492 e. The summed E-state index contributed by atoms with van der Waals surface area (Å²) in [6, 6.07) is 25.0. The van der Waals surface area contributed by atoms with Gasteiger partial charge in [0.25, 0.3) is 5.91 Å². The highest BCUT2D eigenvalue weighted by molar-refractivity contribution is 6.00. The lowest BCUT2D eigenvalue weighted by Gasteiger charge is -2.17. The summed E-state index contributed by atoms with van der Waals surface area (Å²) in [7, 11) is 3.04. The fourth-order valence-corrected chi connectivity index (χ4v) is 4.30. The number of ether oxygens (including phenoxy) is 1. The highest BCUT2D eigenvalue weighted by atomic mass is 19.1. The molecule has 7 heteroatoms. The van der Waals surface area contributed by atoms with Crippen molar-refractivity contribution in [1.82, 2.24) is 20.4 Å². The third kappa shape index (κ3) is 6.55. The Morgan fingerprint density at radius 3 is 2.47 bits per heavy atom. The molecular formula is C31H33FN4O2. The molecule has 1 aromatic heterocycles. The van der Waals surface area contributed by atoms with Gasteiger partial charge >= 0.3 is 0 Å². The number of halogens is 1. The molecular weight excluding hydrogens is 479 g/mol. The molecule has 4 aromatic rings. The number of amides is 1. The van der Waals surface area contributed by atoms with Gasteiger partial charge < -0.3 is 15.0 Å². The number of likely N-dealkylation sites (N-methyl/N-ethyl adjacent to an activating group) is 1. The van der Waals surface area contributed by atoms with Crippen molar-refractivity contribution in [2.75, 3.05) is 33.8 Å².